The zero-order valence-electron chi connectivity index (χ0n) is 11.4. The first-order chi connectivity index (χ1) is 10.5. The minimum atomic E-state index is -4.30. The molecule has 0 spiro atoms. The van der Waals surface area contributed by atoms with E-state index >= 15 is 0 Å². The summed E-state index contributed by atoms with van der Waals surface area (Å²) >= 11 is 3.41. The van der Waals surface area contributed by atoms with Crippen LogP contribution in [0.4, 0.5) is 13.2 Å². The normalized spacial score (nSPS) is 12.0. The van der Waals surface area contributed by atoms with Crippen LogP contribution in [0.15, 0.2) is 48.5 Å². The van der Waals surface area contributed by atoms with Crippen LogP contribution in [-0.4, -0.2) is 9.55 Å². The first-order valence-corrected chi connectivity index (χ1v) is 7.77. The van der Waals surface area contributed by atoms with Crippen LogP contribution >= 0.6 is 15.9 Å². The first-order valence-electron chi connectivity index (χ1n) is 6.65. The van der Waals surface area contributed by atoms with Crippen LogP contribution in [0, 0.1) is 0 Å². The Kier molecular flexibility index (Phi) is 3.95. The highest BCUT2D eigenvalue weighted by Crippen LogP contribution is 2.29. The van der Waals surface area contributed by atoms with Crippen molar-refractivity contribution in [2.45, 2.75) is 18.1 Å². The van der Waals surface area contributed by atoms with E-state index < -0.39 is 11.7 Å². The molecule has 0 amide bonds. The van der Waals surface area contributed by atoms with Gasteiger partial charge in [0.2, 0.25) is 0 Å². The van der Waals surface area contributed by atoms with Gasteiger partial charge in [-0.05, 0) is 29.8 Å². The molecule has 0 radical (unpaired) electrons. The monoisotopic (exact) mass is 368 g/mol. The number of hydrogen-bond donors (Lipinski definition) is 0. The van der Waals surface area contributed by atoms with Crippen LogP contribution in [0.5, 0.6) is 0 Å². The highest BCUT2D eigenvalue weighted by atomic mass is 79.9. The van der Waals surface area contributed by atoms with Crippen molar-refractivity contribution in [3.63, 3.8) is 0 Å². The Balaban J connectivity index is 1.96. The quantitative estimate of drug-likeness (QED) is 0.595. The molecule has 0 bridgehead atoms. The molecule has 0 saturated carbocycles. The van der Waals surface area contributed by atoms with Crippen molar-refractivity contribution >= 4 is 27.0 Å². The van der Waals surface area contributed by atoms with Gasteiger partial charge in [0, 0.05) is 6.54 Å². The molecule has 22 heavy (non-hydrogen) atoms. The third-order valence-electron chi connectivity index (χ3n) is 3.48. The summed E-state index contributed by atoms with van der Waals surface area (Å²) in [6, 6.07) is 13.0. The summed E-state index contributed by atoms with van der Waals surface area (Å²) in [7, 11) is 0. The molecule has 6 heteroatoms. The lowest BCUT2D eigenvalue weighted by Gasteiger charge is -2.10. The van der Waals surface area contributed by atoms with Crippen molar-refractivity contribution in [2.24, 2.45) is 0 Å². The fraction of sp³-hybridized carbons (Fsp3) is 0.188. The Hall–Kier alpha value is -1.82. The van der Waals surface area contributed by atoms with Gasteiger partial charge in [-0.3, -0.25) is 0 Å². The van der Waals surface area contributed by atoms with E-state index in [1.165, 1.54) is 12.1 Å². The van der Waals surface area contributed by atoms with Crippen LogP contribution in [0.1, 0.15) is 17.0 Å². The van der Waals surface area contributed by atoms with Crippen molar-refractivity contribution in [2.75, 3.05) is 0 Å². The molecule has 3 aromatic rings. The highest BCUT2D eigenvalue weighted by molar-refractivity contribution is 9.08. The molecule has 0 aliphatic heterocycles. The third kappa shape index (κ3) is 2.88. The molecule has 114 valence electrons. The number of para-hydroxylation sites is 2. The van der Waals surface area contributed by atoms with Gasteiger partial charge in [-0.15, -0.1) is 0 Å². The Labute approximate surface area is 133 Å². The number of nitrogens with zero attached hydrogens (tertiary/aromatic N) is 2. The molecule has 0 fully saturated rings. The zero-order chi connectivity index (χ0) is 15.7. The molecular formula is C16H12BrF3N2. The molecule has 0 saturated heterocycles. The van der Waals surface area contributed by atoms with E-state index in [-0.39, 0.29) is 0 Å². The SMILES string of the molecule is FC(F)(F)c1ccc(Cn2c(CBr)nc3ccccc32)cc1. The van der Waals surface area contributed by atoms with Gasteiger partial charge >= 0.3 is 6.18 Å². The largest absolute Gasteiger partial charge is 0.416 e. The predicted octanol–water partition coefficient (Wildman–Crippen LogP) is 5.00. The maximum Gasteiger partial charge on any atom is 0.416 e. The fourth-order valence-electron chi connectivity index (χ4n) is 2.39. The van der Waals surface area contributed by atoms with Crippen molar-refractivity contribution in [3.8, 4) is 0 Å². The number of fused-ring (bicyclic) bond motifs is 1. The van der Waals surface area contributed by atoms with Gasteiger partial charge in [-0.1, -0.05) is 40.2 Å². The van der Waals surface area contributed by atoms with Crippen LogP contribution in [0.25, 0.3) is 11.0 Å². The van der Waals surface area contributed by atoms with Crippen molar-refractivity contribution in [1.29, 1.82) is 0 Å². The molecule has 0 unspecified atom stereocenters. The van der Waals surface area contributed by atoms with Crippen molar-refractivity contribution < 1.29 is 13.2 Å². The second-order valence-electron chi connectivity index (χ2n) is 4.93. The lowest BCUT2D eigenvalue weighted by atomic mass is 10.1. The van der Waals surface area contributed by atoms with Gasteiger partial charge in [0.05, 0.1) is 21.9 Å². The van der Waals surface area contributed by atoms with Gasteiger partial charge in [0.15, 0.2) is 0 Å². The lowest BCUT2D eigenvalue weighted by Crippen LogP contribution is -2.06. The maximum absolute atomic E-state index is 12.6. The third-order valence-corrected chi connectivity index (χ3v) is 3.98. The van der Waals surface area contributed by atoms with Crippen molar-refractivity contribution in [1.82, 2.24) is 9.55 Å². The van der Waals surface area contributed by atoms with Crippen LogP contribution in [0.2, 0.25) is 0 Å². The number of benzene rings is 2. The molecule has 2 aromatic carbocycles. The van der Waals surface area contributed by atoms with Gasteiger partial charge in [0.1, 0.15) is 5.82 Å². The minimum absolute atomic E-state index is 0.486. The van der Waals surface area contributed by atoms with E-state index in [2.05, 4.69) is 20.9 Å². The van der Waals surface area contributed by atoms with E-state index in [0.29, 0.717) is 11.9 Å². The van der Waals surface area contributed by atoms with E-state index in [9.17, 15) is 13.2 Å². The summed E-state index contributed by atoms with van der Waals surface area (Å²) in [6.45, 7) is 0.486. The summed E-state index contributed by atoms with van der Waals surface area (Å²) in [5.74, 6) is 0.848. The number of halogens is 4. The van der Waals surface area contributed by atoms with E-state index in [4.69, 9.17) is 0 Å². The molecule has 0 atom stereocenters. The molecule has 3 rings (SSSR count). The van der Waals surface area contributed by atoms with Gasteiger partial charge in [0.25, 0.3) is 0 Å². The van der Waals surface area contributed by atoms with E-state index in [0.717, 1.165) is 34.6 Å². The molecule has 1 aromatic heterocycles. The Morgan fingerprint density at radius 3 is 2.32 bits per heavy atom. The molecule has 2 nitrogen and oxygen atoms in total. The Bertz CT molecular complexity index is 791. The average Bonchev–Trinajstić information content (AvgIpc) is 2.85. The van der Waals surface area contributed by atoms with Crippen molar-refractivity contribution in [3.05, 3.63) is 65.5 Å². The summed E-state index contributed by atoms with van der Waals surface area (Å²) in [5, 5.41) is 0.586. The maximum atomic E-state index is 12.6. The lowest BCUT2D eigenvalue weighted by molar-refractivity contribution is -0.137. The fourth-order valence-corrected chi connectivity index (χ4v) is 2.81. The molecular weight excluding hydrogens is 357 g/mol. The second-order valence-corrected chi connectivity index (χ2v) is 5.49. The molecule has 0 N–H and O–H groups in total. The number of hydrogen-bond acceptors (Lipinski definition) is 1. The minimum Gasteiger partial charge on any atom is -0.323 e. The van der Waals surface area contributed by atoms with Crippen LogP contribution < -0.4 is 0 Å². The van der Waals surface area contributed by atoms with Gasteiger partial charge in [-0.2, -0.15) is 13.2 Å². The molecule has 0 aliphatic rings. The molecule has 1 heterocycles. The van der Waals surface area contributed by atoms with E-state index in [1.807, 2.05) is 28.8 Å². The summed E-state index contributed by atoms with van der Waals surface area (Å²) in [4.78, 5) is 4.52. The summed E-state index contributed by atoms with van der Waals surface area (Å²) in [6.07, 6.45) is -4.30. The first kappa shape index (κ1) is 15.1. The number of rotatable bonds is 3. The predicted molar refractivity (Wildman–Crippen MR) is 82.9 cm³/mol. The average molecular weight is 369 g/mol. The summed E-state index contributed by atoms with van der Waals surface area (Å²) in [5.41, 5.74) is 2.02. The highest BCUT2D eigenvalue weighted by Gasteiger charge is 2.29. The topological polar surface area (TPSA) is 17.8 Å². The standard InChI is InChI=1S/C16H12BrF3N2/c17-9-15-21-13-3-1-2-4-14(13)22(15)10-11-5-7-12(8-6-11)16(18,19)20/h1-8H,9-10H2. The zero-order valence-corrected chi connectivity index (χ0v) is 13.0. The number of imidazole rings is 1. The van der Waals surface area contributed by atoms with E-state index in [1.54, 1.807) is 0 Å². The van der Waals surface area contributed by atoms with Crippen LogP contribution in [0.3, 0.4) is 0 Å². The Morgan fingerprint density at radius 2 is 1.68 bits per heavy atom. The van der Waals surface area contributed by atoms with Gasteiger partial charge in [-0.25, -0.2) is 4.98 Å². The number of alkyl halides is 4. The molecule has 0 aliphatic carbocycles. The summed E-state index contributed by atoms with van der Waals surface area (Å²) < 4.78 is 39.8. The smallest absolute Gasteiger partial charge is 0.323 e. The number of aromatic nitrogens is 2. The van der Waals surface area contributed by atoms with Gasteiger partial charge < -0.3 is 4.57 Å². The second kappa shape index (κ2) is 5.76. The van der Waals surface area contributed by atoms with Crippen LogP contribution in [-0.2, 0) is 18.1 Å². The Morgan fingerprint density at radius 1 is 1.00 bits per heavy atom.